The van der Waals surface area contributed by atoms with E-state index in [1.165, 1.54) is 11.8 Å². The Morgan fingerprint density at radius 1 is 1.07 bits per heavy atom. The molecule has 8 heteroatoms. The highest BCUT2D eigenvalue weighted by Crippen LogP contribution is 2.09. The van der Waals surface area contributed by atoms with Crippen molar-refractivity contribution in [3.8, 4) is 0 Å². The molecule has 0 bridgehead atoms. The Labute approximate surface area is 161 Å². The van der Waals surface area contributed by atoms with E-state index in [1.807, 2.05) is 12.1 Å². The van der Waals surface area contributed by atoms with Gasteiger partial charge in [-0.2, -0.15) is 0 Å². The second-order valence-corrected chi connectivity index (χ2v) is 6.02. The van der Waals surface area contributed by atoms with Crippen LogP contribution in [0.2, 0.25) is 0 Å². The Morgan fingerprint density at radius 2 is 1.79 bits per heavy atom. The van der Waals surface area contributed by atoms with Crippen LogP contribution in [0.4, 0.5) is 0 Å². The number of benzene rings is 2. The molecule has 0 aliphatic heterocycles. The van der Waals surface area contributed by atoms with Crippen LogP contribution >= 0.6 is 0 Å². The number of carbonyl (C=O) groups excluding carboxylic acids is 2. The van der Waals surface area contributed by atoms with Crippen LogP contribution in [0.5, 0.6) is 0 Å². The molecule has 0 saturated heterocycles. The van der Waals surface area contributed by atoms with Gasteiger partial charge in [-0.25, -0.2) is 9.59 Å². The van der Waals surface area contributed by atoms with Gasteiger partial charge in [-0.1, -0.05) is 41.8 Å². The molecular weight excluding hydrogens is 362 g/mol. The van der Waals surface area contributed by atoms with Crippen molar-refractivity contribution in [3.63, 3.8) is 0 Å². The third-order valence-corrected chi connectivity index (χ3v) is 3.74. The Morgan fingerprint density at radius 3 is 2.54 bits per heavy atom. The molecule has 1 unspecified atom stereocenters. The van der Waals surface area contributed by atoms with Gasteiger partial charge >= 0.3 is 11.9 Å². The number of esters is 2. The van der Waals surface area contributed by atoms with Crippen molar-refractivity contribution in [2.45, 2.75) is 13.0 Å². The molecule has 1 aromatic heterocycles. The summed E-state index contributed by atoms with van der Waals surface area (Å²) in [6.45, 7) is 4.79. The van der Waals surface area contributed by atoms with E-state index in [0.717, 1.165) is 0 Å². The highest BCUT2D eigenvalue weighted by Gasteiger charge is 2.20. The predicted molar refractivity (Wildman–Crippen MR) is 100 cm³/mol. The lowest BCUT2D eigenvalue weighted by Crippen LogP contribution is -2.34. The van der Waals surface area contributed by atoms with Gasteiger partial charge in [0.2, 0.25) is 0 Å². The van der Waals surface area contributed by atoms with Crippen LogP contribution in [0.1, 0.15) is 17.3 Å². The summed E-state index contributed by atoms with van der Waals surface area (Å²) in [7, 11) is 0. The average molecular weight is 381 g/mol. The lowest BCUT2D eigenvalue weighted by molar-refractivity contribution is -0.143. The lowest BCUT2D eigenvalue weighted by atomic mass is 10.2. The van der Waals surface area contributed by atoms with Crippen LogP contribution in [0.3, 0.4) is 0 Å². The Kier molecular flexibility index (Phi) is 6.01. The van der Waals surface area contributed by atoms with Crippen molar-refractivity contribution in [2.75, 3.05) is 13.2 Å². The zero-order valence-corrected chi connectivity index (χ0v) is 15.3. The topological polar surface area (TPSA) is 92.5 Å². The Hall–Kier alpha value is -3.68. The van der Waals surface area contributed by atoms with E-state index >= 15 is 0 Å². The molecule has 28 heavy (non-hydrogen) atoms. The molecule has 8 nitrogen and oxygen atoms in total. The van der Waals surface area contributed by atoms with Gasteiger partial charge in [-0.3, -0.25) is 0 Å². The Balaban J connectivity index is 1.68. The summed E-state index contributed by atoms with van der Waals surface area (Å²) in [5.74, 6) is -1.13. The van der Waals surface area contributed by atoms with E-state index in [9.17, 15) is 9.59 Å². The molecular formula is C20H19N3O5. The monoisotopic (exact) mass is 381 g/mol. The van der Waals surface area contributed by atoms with E-state index < -0.39 is 18.0 Å². The molecule has 2 aromatic carbocycles. The quantitative estimate of drug-likeness (QED) is 0.436. The first-order valence-corrected chi connectivity index (χ1v) is 8.57. The van der Waals surface area contributed by atoms with Crippen LogP contribution in [0, 0.1) is 0 Å². The minimum absolute atomic E-state index is 0.0879. The first-order chi connectivity index (χ1) is 13.5. The normalized spacial score (nSPS) is 11.6. The summed E-state index contributed by atoms with van der Waals surface area (Å²) in [4.78, 5) is 30.9. The molecule has 3 aromatic rings. The summed E-state index contributed by atoms with van der Waals surface area (Å²) in [5.41, 5.74) is 1.95. The first-order valence-electron chi connectivity index (χ1n) is 8.57. The fourth-order valence-corrected chi connectivity index (χ4v) is 2.30. The predicted octanol–water partition coefficient (Wildman–Crippen LogP) is 2.20. The van der Waals surface area contributed by atoms with Crippen LogP contribution < -0.4 is 4.84 Å². The number of aromatic nitrogens is 3. The molecule has 0 aliphatic carbocycles. The maximum atomic E-state index is 12.3. The van der Waals surface area contributed by atoms with Gasteiger partial charge in [-0.15, -0.1) is 5.10 Å². The van der Waals surface area contributed by atoms with Crippen molar-refractivity contribution in [1.29, 1.82) is 0 Å². The second kappa shape index (κ2) is 8.81. The van der Waals surface area contributed by atoms with Crippen molar-refractivity contribution >= 4 is 23.0 Å². The van der Waals surface area contributed by atoms with Gasteiger partial charge < -0.3 is 14.3 Å². The van der Waals surface area contributed by atoms with Gasteiger partial charge in [0, 0.05) is 5.57 Å². The summed E-state index contributed by atoms with van der Waals surface area (Å²) in [6.07, 6.45) is -0.848. The van der Waals surface area contributed by atoms with Crippen molar-refractivity contribution in [1.82, 2.24) is 15.2 Å². The molecule has 144 valence electrons. The molecule has 3 rings (SSSR count). The van der Waals surface area contributed by atoms with E-state index in [1.54, 1.807) is 42.5 Å². The Bertz CT molecular complexity index is 984. The van der Waals surface area contributed by atoms with E-state index in [4.69, 9.17) is 14.3 Å². The molecule has 0 aliphatic rings. The van der Waals surface area contributed by atoms with E-state index in [0.29, 0.717) is 16.6 Å². The summed E-state index contributed by atoms with van der Waals surface area (Å²) < 4.78 is 10.6. The minimum Gasteiger partial charge on any atom is -0.458 e. The maximum Gasteiger partial charge on any atom is 0.338 e. The number of hydrogen-bond acceptors (Lipinski definition) is 7. The second-order valence-electron chi connectivity index (χ2n) is 6.02. The number of hydrogen-bond donors (Lipinski definition) is 0. The average Bonchev–Trinajstić information content (AvgIpc) is 3.13. The largest absolute Gasteiger partial charge is 0.458 e. The maximum absolute atomic E-state index is 12.3. The highest BCUT2D eigenvalue weighted by molar-refractivity contribution is 5.89. The number of fused-ring (bicyclic) bond motifs is 1. The van der Waals surface area contributed by atoms with Gasteiger partial charge in [0.1, 0.15) is 17.6 Å². The van der Waals surface area contributed by atoms with Gasteiger partial charge in [0.25, 0.3) is 0 Å². The van der Waals surface area contributed by atoms with Crippen molar-refractivity contribution in [2.24, 2.45) is 0 Å². The van der Waals surface area contributed by atoms with E-state index in [-0.39, 0.29) is 18.8 Å². The summed E-state index contributed by atoms with van der Waals surface area (Å²) >= 11 is 0. The zero-order chi connectivity index (χ0) is 19.9. The van der Waals surface area contributed by atoms with Crippen LogP contribution in [-0.2, 0) is 14.3 Å². The number of carbonyl (C=O) groups is 2. The third kappa shape index (κ3) is 4.73. The molecule has 0 radical (unpaired) electrons. The lowest BCUT2D eigenvalue weighted by Gasteiger charge is -2.18. The fourth-order valence-electron chi connectivity index (χ4n) is 2.30. The number of nitrogens with zero attached hydrogens (tertiary/aromatic N) is 3. The molecule has 1 heterocycles. The van der Waals surface area contributed by atoms with Gasteiger partial charge in [0.15, 0.2) is 12.7 Å². The molecule has 0 amide bonds. The zero-order valence-electron chi connectivity index (χ0n) is 15.3. The standard InChI is InChI=1S/C20H19N3O5/c1-14(2)19(24)26-12-16(28-20(25)15-8-4-3-5-9-15)13-27-23-18-11-7-6-10-17(18)21-22-23/h3-11,16H,1,12-13H2,2H3. The minimum atomic E-state index is -0.848. The molecule has 0 spiro atoms. The number of para-hydroxylation sites is 1. The summed E-state index contributed by atoms with van der Waals surface area (Å²) in [6, 6.07) is 15.8. The SMILES string of the molecule is C=C(C)C(=O)OCC(COn1nnc2ccccc21)OC(=O)c1ccccc1. The van der Waals surface area contributed by atoms with E-state index in [2.05, 4.69) is 16.9 Å². The smallest absolute Gasteiger partial charge is 0.338 e. The van der Waals surface area contributed by atoms with Crippen LogP contribution in [0.15, 0.2) is 66.7 Å². The summed E-state index contributed by atoms with van der Waals surface area (Å²) in [5, 5.41) is 7.90. The molecule has 0 N–H and O–H groups in total. The molecule has 0 saturated carbocycles. The number of ether oxygens (including phenoxy) is 2. The number of rotatable bonds is 8. The first kappa shape index (κ1) is 19.1. The van der Waals surface area contributed by atoms with Crippen molar-refractivity contribution in [3.05, 3.63) is 72.3 Å². The van der Waals surface area contributed by atoms with Gasteiger partial charge in [-0.05, 0) is 36.4 Å². The third-order valence-electron chi connectivity index (χ3n) is 3.74. The highest BCUT2D eigenvalue weighted by atomic mass is 16.7. The molecule has 1 atom stereocenters. The van der Waals surface area contributed by atoms with Crippen LogP contribution in [0.25, 0.3) is 11.0 Å². The van der Waals surface area contributed by atoms with Gasteiger partial charge in [0.05, 0.1) is 5.56 Å². The fraction of sp³-hybridized carbons (Fsp3) is 0.200. The van der Waals surface area contributed by atoms with Crippen molar-refractivity contribution < 1.29 is 23.9 Å². The van der Waals surface area contributed by atoms with Crippen LogP contribution in [-0.4, -0.2) is 46.4 Å². The molecule has 0 fully saturated rings.